The first-order valence-electron chi connectivity index (χ1n) is 4.80. The van der Waals surface area contributed by atoms with E-state index in [1.807, 2.05) is 0 Å². The minimum Gasteiger partial charge on any atom is -0.508 e. The van der Waals surface area contributed by atoms with E-state index in [9.17, 15) is 9.59 Å². The maximum atomic E-state index is 11.6. The third-order valence-electron chi connectivity index (χ3n) is 2.08. The highest BCUT2D eigenvalue weighted by Gasteiger charge is 2.09. The lowest BCUT2D eigenvalue weighted by Gasteiger charge is -2.06. The zero-order valence-corrected chi connectivity index (χ0v) is 8.86. The van der Waals surface area contributed by atoms with Gasteiger partial charge in [-0.2, -0.15) is 0 Å². The van der Waals surface area contributed by atoms with Crippen LogP contribution < -0.4 is 5.32 Å². The number of carboxylic acids is 1. The minimum absolute atomic E-state index is 0.0917. The van der Waals surface area contributed by atoms with Crippen molar-refractivity contribution in [1.29, 1.82) is 0 Å². The summed E-state index contributed by atoms with van der Waals surface area (Å²) >= 11 is 0. The highest BCUT2D eigenvalue weighted by molar-refractivity contribution is 5.95. The Balaban J connectivity index is 2.63. The number of aromatic hydroxyl groups is 1. The molecule has 0 radical (unpaired) electrons. The number of hydrogen-bond acceptors (Lipinski definition) is 3. The third kappa shape index (κ3) is 3.27. The molecule has 3 N–H and O–H groups in total. The highest BCUT2D eigenvalue weighted by atomic mass is 16.4. The molecule has 86 valence electrons. The number of benzene rings is 1. The maximum absolute atomic E-state index is 11.6. The Hall–Kier alpha value is -2.04. The van der Waals surface area contributed by atoms with Crippen molar-refractivity contribution in [2.75, 3.05) is 6.54 Å². The van der Waals surface area contributed by atoms with Gasteiger partial charge in [0.2, 0.25) is 0 Å². The Kier molecular flexibility index (Phi) is 3.88. The molecule has 1 aromatic carbocycles. The lowest BCUT2D eigenvalue weighted by atomic mass is 10.1. The Morgan fingerprint density at radius 2 is 2.06 bits per heavy atom. The molecule has 0 spiro atoms. The van der Waals surface area contributed by atoms with Crippen LogP contribution in [0.5, 0.6) is 5.75 Å². The van der Waals surface area contributed by atoms with Crippen molar-refractivity contribution in [3.8, 4) is 5.75 Å². The number of carboxylic acid groups (broad SMARTS) is 1. The molecule has 0 fully saturated rings. The predicted molar refractivity (Wildman–Crippen MR) is 57.4 cm³/mol. The van der Waals surface area contributed by atoms with Crippen LogP contribution in [0.25, 0.3) is 0 Å². The summed E-state index contributed by atoms with van der Waals surface area (Å²) in [6.07, 6.45) is -0.108. The van der Waals surface area contributed by atoms with E-state index >= 15 is 0 Å². The second-order valence-electron chi connectivity index (χ2n) is 3.40. The molecule has 0 saturated heterocycles. The van der Waals surface area contributed by atoms with Crippen LogP contribution in [0.1, 0.15) is 22.3 Å². The second-order valence-corrected chi connectivity index (χ2v) is 3.40. The first-order chi connectivity index (χ1) is 7.50. The smallest absolute Gasteiger partial charge is 0.305 e. The number of rotatable bonds is 4. The van der Waals surface area contributed by atoms with Crippen molar-refractivity contribution in [3.63, 3.8) is 0 Å². The van der Waals surface area contributed by atoms with Gasteiger partial charge in [-0.1, -0.05) is 0 Å². The van der Waals surface area contributed by atoms with Gasteiger partial charge in [-0.3, -0.25) is 9.59 Å². The van der Waals surface area contributed by atoms with E-state index in [1.165, 1.54) is 18.2 Å². The summed E-state index contributed by atoms with van der Waals surface area (Å²) in [4.78, 5) is 21.8. The summed E-state index contributed by atoms with van der Waals surface area (Å²) in [6.45, 7) is 1.79. The van der Waals surface area contributed by atoms with Crippen LogP contribution in [-0.2, 0) is 4.79 Å². The lowest BCUT2D eigenvalue weighted by molar-refractivity contribution is -0.136. The zero-order valence-electron chi connectivity index (χ0n) is 8.86. The van der Waals surface area contributed by atoms with E-state index in [2.05, 4.69) is 5.32 Å². The summed E-state index contributed by atoms with van der Waals surface area (Å²) < 4.78 is 0. The number of aliphatic carboxylic acids is 1. The van der Waals surface area contributed by atoms with Gasteiger partial charge in [-0.25, -0.2) is 0 Å². The van der Waals surface area contributed by atoms with Crippen molar-refractivity contribution >= 4 is 11.9 Å². The quantitative estimate of drug-likeness (QED) is 0.708. The molecule has 0 unspecified atom stereocenters. The Bertz CT molecular complexity index is 414. The first kappa shape index (κ1) is 12.0. The first-order valence-corrected chi connectivity index (χ1v) is 4.80. The van der Waals surface area contributed by atoms with Gasteiger partial charge in [0.05, 0.1) is 6.42 Å². The van der Waals surface area contributed by atoms with Gasteiger partial charge >= 0.3 is 5.97 Å². The fourth-order valence-corrected chi connectivity index (χ4v) is 1.28. The number of carbonyl (C=O) groups is 2. The average Bonchev–Trinajstić information content (AvgIpc) is 2.16. The van der Waals surface area contributed by atoms with Gasteiger partial charge in [0.25, 0.3) is 5.91 Å². The van der Waals surface area contributed by atoms with Crippen molar-refractivity contribution in [1.82, 2.24) is 5.32 Å². The number of phenols is 1. The molecular formula is C11H13NO4. The maximum Gasteiger partial charge on any atom is 0.305 e. The molecule has 5 nitrogen and oxygen atoms in total. The van der Waals surface area contributed by atoms with Crippen LogP contribution in [0.3, 0.4) is 0 Å². The van der Waals surface area contributed by atoms with Crippen LogP contribution >= 0.6 is 0 Å². The SMILES string of the molecule is Cc1cc(O)ccc1C(=O)NCCC(=O)O. The summed E-state index contributed by atoms with van der Waals surface area (Å²) in [6, 6.07) is 4.39. The normalized spacial score (nSPS) is 9.81. The van der Waals surface area contributed by atoms with Gasteiger partial charge < -0.3 is 15.5 Å². The van der Waals surface area contributed by atoms with Crippen LogP contribution in [0.15, 0.2) is 18.2 Å². The van der Waals surface area contributed by atoms with Gasteiger partial charge in [0.1, 0.15) is 5.75 Å². The lowest BCUT2D eigenvalue weighted by Crippen LogP contribution is -2.26. The van der Waals surface area contributed by atoms with Crippen LogP contribution in [0, 0.1) is 6.92 Å². The molecule has 0 bridgehead atoms. The van der Waals surface area contributed by atoms with Crippen LogP contribution in [0.4, 0.5) is 0 Å². The van der Waals surface area contributed by atoms with E-state index in [4.69, 9.17) is 10.2 Å². The summed E-state index contributed by atoms with van der Waals surface area (Å²) in [5, 5.41) is 20.1. The molecule has 0 saturated carbocycles. The third-order valence-corrected chi connectivity index (χ3v) is 2.08. The standard InChI is InChI=1S/C11H13NO4/c1-7-6-8(13)2-3-9(7)11(16)12-5-4-10(14)15/h2-3,6,13H,4-5H2,1H3,(H,12,16)(H,14,15). The highest BCUT2D eigenvalue weighted by Crippen LogP contribution is 2.15. The number of aryl methyl sites for hydroxylation is 1. The van der Waals surface area contributed by atoms with Gasteiger partial charge in [0.15, 0.2) is 0 Å². The van der Waals surface area contributed by atoms with Gasteiger partial charge in [-0.15, -0.1) is 0 Å². The fourth-order valence-electron chi connectivity index (χ4n) is 1.28. The predicted octanol–water partition coefficient (Wildman–Crippen LogP) is 0.905. The molecule has 0 aliphatic carbocycles. The molecule has 0 atom stereocenters. The van der Waals surface area contributed by atoms with Crippen molar-refractivity contribution in [3.05, 3.63) is 29.3 Å². The Labute approximate surface area is 92.7 Å². The Morgan fingerprint density at radius 1 is 1.38 bits per heavy atom. The van der Waals surface area contributed by atoms with E-state index in [1.54, 1.807) is 6.92 Å². The molecular weight excluding hydrogens is 210 g/mol. The average molecular weight is 223 g/mol. The van der Waals surface area contributed by atoms with Crippen molar-refractivity contribution in [2.24, 2.45) is 0 Å². The van der Waals surface area contributed by atoms with E-state index < -0.39 is 5.97 Å². The monoisotopic (exact) mass is 223 g/mol. The van der Waals surface area contributed by atoms with Gasteiger partial charge in [-0.05, 0) is 30.7 Å². The molecule has 0 aliphatic rings. The molecule has 0 aliphatic heterocycles. The molecule has 16 heavy (non-hydrogen) atoms. The molecule has 1 rings (SSSR count). The number of hydrogen-bond donors (Lipinski definition) is 3. The number of amides is 1. The molecule has 1 amide bonds. The van der Waals surface area contributed by atoms with Crippen LogP contribution in [-0.4, -0.2) is 28.6 Å². The van der Waals surface area contributed by atoms with Gasteiger partial charge in [0, 0.05) is 12.1 Å². The van der Waals surface area contributed by atoms with Crippen molar-refractivity contribution < 1.29 is 19.8 Å². The van der Waals surface area contributed by atoms with Crippen LogP contribution in [0.2, 0.25) is 0 Å². The summed E-state index contributed by atoms with van der Waals surface area (Å²) in [5.41, 5.74) is 1.08. The molecule has 0 aromatic heterocycles. The summed E-state index contributed by atoms with van der Waals surface area (Å²) in [5.74, 6) is -1.19. The number of carbonyl (C=O) groups excluding carboxylic acids is 1. The minimum atomic E-state index is -0.956. The van der Waals surface area contributed by atoms with E-state index in [0.717, 1.165) is 0 Å². The molecule has 5 heteroatoms. The van der Waals surface area contributed by atoms with Crippen molar-refractivity contribution in [2.45, 2.75) is 13.3 Å². The topological polar surface area (TPSA) is 86.6 Å². The number of phenolic OH excluding ortho intramolecular Hbond substituents is 1. The summed E-state index contributed by atoms with van der Waals surface area (Å²) in [7, 11) is 0. The fraction of sp³-hybridized carbons (Fsp3) is 0.273. The molecule has 0 heterocycles. The Morgan fingerprint density at radius 3 is 2.62 bits per heavy atom. The van der Waals surface area contributed by atoms with E-state index in [-0.39, 0.29) is 24.6 Å². The second kappa shape index (κ2) is 5.16. The van der Waals surface area contributed by atoms with E-state index in [0.29, 0.717) is 11.1 Å². The number of nitrogens with one attached hydrogen (secondary N) is 1. The zero-order chi connectivity index (χ0) is 12.1. The largest absolute Gasteiger partial charge is 0.508 e. The molecule has 1 aromatic rings.